The third kappa shape index (κ3) is 4.47. The summed E-state index contributed by atoms with van der Waals surface area (Å²) < 4.78 is 49.0. The highest BCUT2D eigenvalue weighted by Gasteiger charge is 2.34. The lowest BCUT2D eigenvalue weighted by molar-refractivity contribution is -0.137. The molecule has 0 spiro atoms. The van der Waals surface area contributed by atoms with Gasteiger partial charge in [0.2, 0.25) is 0 Å². The number of nitrogen functional groups attached to an aromatic ring is 1. The lowest BCUT2D eigenvalue weighted by atomic mass is 10.1. The predicted molar refractivity (Wildman–Crippen MR) is 129 cm³/mol. The summed E-state index contributed by atoms with van der Waals surface area (Å²) in [6, 6.07) is 6.13. The molecule has 0 atom stereocenters. The van der Waals surface area contributed by atoms with Crippen molar-refractivity contribution in [2.45, 2.75) is 12.7 Å². The van der Waals surface area contributed by atoms with Gasteiger partial charge in [-0.3, -0.25) is 4.90 Å². The van der Waals surface area contributed by atoms with Crippen molar-refractivity contribution < 1.29 is 17.9 Å². The Morgan fingerprint density at radius 3 is 2.54 bits per heavy atom. The van der Waals surface area contributed by atoms with Crippen LogP contribution in [0.4, 0.5) is 19.0 Å². The number of pyridine rings is 2. The number of imidazole rings is 2. The smallest absolute Gasteiger partial charge is 0.383 e. The van der Waals surface area contributed by atoms with E-state index < -0.39 is 17.6 Å². The number of hydrogen-bond donors (Lipinski definition) is 1. The van der Waals surface area contributed by atoms with E-state index in [0.29, 0.717) is 17.0 Å². The molecule has 0 unspecified atom stereocenters. The number of rotatable bonds is 5. The molecule has 10 nitrogen and oxygen atoms in total. The summed E-state index contributed by atoms with van der Waals surface area (Å²) in [4.78, 5) is 19.6. The molecule has 1 aliphatic rings. The highest BCUT2D eigenvalue weighted by Crippen LogP contribution is 2.35. The first kappa shape index (κ1) is 23.3. The number of aromatic nitrogens is 7. The molecule has 0 amide bonds. The number of nitrogens with two attached hydrogens (primary N) is 1. The molecule has 13 heteroatoms. The van der Waals surface area contributed by atoms with E-state index in [4.69, 9.17) is 10.5 Å². The Kier molecular flexibility index (Phi) is 5.72. The molecule has 5 aromatic heterocycles. The molecule has 0 saturated carbocycles. The molecule has 190 valence electrons. The van der Waals surface area contributed by atoms with E-state index in [-0.39, 0.29) is 5.56 Å². The van der Waals surface area contributed by atoms with Crippen molar-refractivity contribution in [1.82, 2.24) is 39.0 Å². The van der Waals surface area contributed by atoms with Crippen LogP contribution in [0.2, 0.25) is 0 Å². The minimum absolute atomic E-state index is 0.190. The van der Waals surface area contributed by atoms with Crippen LogP contribution in [0.25, 0.3) is 39.3 Å². The van der Waals surface area contributed by atoms with E-state index >= 15 is 0 Å². The van der Waals surface area contributed by atoms with Gasteiger partial charge in [0, 0.05) is 49.7 Å². The van der Waals surface area contributed by atoms with Crippen LogP contribution in [0.3, 0.4) is 0 Å². The molecule has 1 fully saturated rings. The molecule has 0 aliphatic carbocycles. The van der Waals surface area contributed by atoms with Crippen LogP contribution in [0.5, 0.6) is 0 Å². The Morgan fingerprint density at radius 1 is 0.919 bits per heavy atom. The number of hydrogen-bond acceptors (Lipinski definition) is 8. The van der Waals surface area contributed by atoms with E-state index in [1.54, 1.807) is 35.4 Å². The van der Waals surface area contributed by atoms with Crippen molar-refractivity contribution in [2.75, 3.05) is 38.6 Å². The Morgan fingerprint density at radius 2 is 1.73 bits per heavy atom. The van der Waals surface area contributed by atoms with Gasteiger partial charge in [-0.05, 0) is 24.3 Å². The third-order valence-corrected chi connectivity index (χ3v) is 6.39. The van der Waals surface area contributed by atoms with E-state index in [1.807, 2.05) is 10.6 Å². The SMILES string of the molecule is Nc1ncc(-c2ccc3ncc(-c4cnc5c(c4)ncn5CCN4CCOCC4)n3n2)cc1C(F)(F)F. The van der Waals surface area contributed by atoms with Crippen molar-refractivity contribution in [2.24, 2.45) is 0 Å². The maximum atomic E-state index is 13.3. The average Bonchev–Trinajstić information content (AvgIpc) is 3.51. The highest BCUT2D eigenvalue weighted by atomic mass is 19.4. The largest absolute Gasteiger partial charge is 0.419 e. The van der Waals surface area contributed by atoms with Crippen molar-refractivity contribution in [3.8, 4) is 22.5 Å². The van der Waals surface area contributed by atoms with Crippen molar-refractivity contribution in [1.29, 1.82) is 0 Å². The number of alkyl halides is 3. The third-order valence-electron chi connectivity index (χ3n) is 6.39. The number of nitrogens with zero attached hydrogens (tertiary/aromatic N) is 8. The van der Waals surface area contributed by atoms with E-state index in [9.17, 15) is 13.2 Å². The topological polar surface area (TPSA) is 112 Å². The quantitative estimate of drug-likeness (QED) is 0.385. The molecule has 1 saturated heterocycles. The van der Waals surface area contributed by atoms with Gasteiger partial charge < -0.3 is 15.0 Å². The fraction of sp³-hybridized carbons (Fsp3) is 0.292. The lowest BCUT2D eigenvalue weighted by Gasteiger charge is -2.26. The van der Waals surface area contributed by atoms with Gasteiger partial charge in [-0.25, -0.2) is 24.5 Å². The maximum Gasteiger partial charge on any atom is 0.419 e. The van der Waals surface area contributed by atoms with E-state index in [1.165, 1.54) is 6.20 Å². The first-order valence-corrected chi connectivity index (χ1v) is 11.7. The molecule has 6 rings (SSSR count). The van der Waals surface area contributed by atoms with Crippen LogP contribution < -0.4 is 5.73 Å². The van der Waals surface area contributed by atoms with Crippen molar-refractivity contribution in [3.05, 3.63) is 54.7 Å². The minimum atomic E-state index is -4.62. The van der Waals surface area contributed by atoms with Gasteiger partial charge in [0.15, 0.2) is 11.3 Å². The fourth-order valence-electron chi connectivity index (χ4n) is 4.39. The Bertz CT molecular complexity index is 1590. The lowest BCUT2D eigenvalue weighted by Crippen LogP contribution is -2.38. The summed E-state index contributed by atoms with van der Waals surface area (Å²) in [5.41, 5.74) is 8.32. The van der Waals surface area contributed by atoms with Gasteiger partial charge in [-0.15, -0.1) is 0 Å². The molecule has 2 N–H and O–H groups in total. The molecule has 5 aromatic rings. The molecule has 0 radical (unpaired) electrons. The summed E-state index contributed by atoms with van der Waals surface area (Å²) in [6.07, 6.45) is 1.79. The maximum absolute atomic E-state index is 13.3. The Hall–Kier alpha value is -4.10. The monoisotopic (exact) mass is 509 g/mol. The van der Waals surface area contributed by atoms with E-state index in [0.717, 1.165) is 62.2 Å². The first-order valence-electron chi connectivity index (χ1n) is 11.7. The molecule has 0 aromatic carbocycles. The number of morpholine rings is 1. The average molecular weight is 509 g/mol. The van der Waals surface area contributed by atoms with Crippen LogP contribution in [-0.2, 0) is 17.5 Å². The van der Waals surface area contributed by atoms with Crippen molar-refractivity contribution in [3.63, 3.8) is 0 Å². The summed E-state index contributed by atoms with van der Waals surface area (Å²) in [6.45, 7) is 4.97. The molecular weight excluding hydrogens is 487 g/mol. The Balaban J connectivity index is 1.31. The zero-order chi connectivity index (χ0) is 25.6. The zero-order valence-electron chi connectivity index (χ0n) is 19.6. The Labute approximate surface area is 208 Å². The van der Waals surface area contributed by atoms with Crippen LogP contribution in [-0.4, -0.2) is 71.9 Å². The van der Waals surface area contributed by atoms with Crippen LogP contribution in [0, 0.1) is 0 Å². The number of ether oxygens (including phenoxy) is 1. The second-order valence-corrected chi connectivity index (χ2v) is 8.75. The number of fused-ring (bicyclic) bond motifs is 2. The van der Waals surface area contributed by atoms with Gasteiger partial charge in [0.05, 0.1) is 42.7 Å². The zero-order valence-corrected chi connectivity index (χ0v) is 19.6. The standard InChI is InChI=1S/C24H22F3N9O/c25-24(26,27)17-9-15(11-30-22(17)28)18-1-2-21-29-13-20(36(21)33-18)16-10-19-23(31-12-16)35(14-32-19)4-3-34-5-7-37-8-6-34/h1-2,9-14H,3-8H2,(H2,28,30). The van der Waals surface area contributed by atoms with Gasteiger partial charge in [-0.1, -0.05) is 0 Å². The molecule has 6 heterocycles. The summed E-state index contributed by atoms with van der Waals surface area (Å²) >= 11 is 0. The second kappa shape index (κ2) is 9.09. The first-order chi connectivity index (χ1) is 17.9. The number of anilines is 1. The number of halogens is 3. The normalized spacial score (nSPS) is 15.1. The summed E-state index contributed by atoms with van der Waals surface area (Å²) in [7, 11) is 0. The van der Waals surface area contributed by atoms with Gasteiger partial charge >= 0.3 is 6.18 Å². The summed E-state index contributed by atoms with van der Waals surface area (Å²) in [5.74, 6) is -0.579. The van der Waals surface area contributed by atoms with Crippen LogP contribution in [0.15, 0.2) is 49.2 Å². The predicted octanol–water partition coefficient (Wildman–Crippen LogP) is 3.14. The van der Waals surface area contributed by atoms with Crippen LogP contribution >= 0.6 is 0 Å². The van der Waals surface area contributed by atoms with Gasteiger partial charge in [0.25, 0.3) is 0 Å². The minimum Gasteiger partial charge on any atom is -0.383 e. The van der Waals surface area contributed by atoms with Crippen LogP contribution in [0.1, 0.15) is 5.56 Å². The molecule has 1 aliphatic heterocycles. The fourth-order valence-corrected chi connectivity index (χ4v) is 4.39. The highest BCUT2D eigenvalue weighted by molar-refractivity contribution is 5.78. The molecule has 37 heavy (non-hydrogen) atoms. The molecule has 0 bridgehead atoms. The summed E-state index contributed by atoms with van der Waals surface area (Å²) in [5, 5.41) is 4.54. The van der Waals surface area contributed by atoms with E-state index in [2.05, 4.69) is 29.9 Å². The van der Waals surface area contributed by atoms with Gasteiger partial charge in [0.1, 0.15) is 11.3 Å². The molecular formula is C24H22F3N9O. The van der Waals surface area contributed by atoms with Gasteiger partial charge in [-0.2, -0.15) is 18.3 Å². The second-order valence-electron chi connectivity index (χ2n) is 8.75. The van der Waals surface area contributed by atoms with Crippen molar-refractivity contribution >= 4 is 22.6 Å².